The summed E-state index contributed by atoms with van der Waals surface area (Å²) in [6, 6.07) is 0. The number of ether oxygens (including phenoxy) is 5. The fraction of sp³-hybridized carbons (Fsp3) is 0.625. The summed E-state index contributed by atoms with van der Waals surface area (Å²) in [4.78, 5) is 45.7. The van der Waals surface area contributed by atoms with E-state index in [0.717, 1.165) is 20.8 Å². The van der Waals surface area contributed by atoms with Gasteiger partial charge in [0.1, 0.15) is 6.10 Å². The molecule has 0 radical (unpaired) electrons. The molecule has 1 unspecified atom stereocenters. The van der Waals surface area contributed by atoms with Crippen LogP contribution in [0.25, 0.3) is 0 Å². The van der Waals surface area contributed by atoms with Gasteiger partial charge in [-0.3, -0.25) is 19.2 Å². The third-order valence-electron chi connectivity index (χ3n) is 3.17. The van der Waals surface area contributed by atoms with Crippen LogP contribution in [0.2, 0.25) is 0 Å². The van der Waals surface area contributed by atoms with Crippen LogP contribution in [0, 0.1) is 0 Å². The molecule has 1 heterocycles. The van der Waals surface area contributed by atoms with E-state index in [1.54, 1.807) is 6.92 Å². The molecule has 0 aromatic carbocycles. The minimum atomic E-state index is -1.36. The molecule has 5 atom stereocenters. The molecule has 140 valence electrons. The number of carbonyl (C=O) groups excluding carboxylic acids is 4. The Labute approximate surface area is 145 Å². The fourth-order valence-corrected chi connectivity index (χ4v) is 2.43. The van der Waals surface area contributed by atoms with Crippen molar-refractivity contribution < 1.29 is 42.9 Å². The van der Waals surface area contributed by atoms with Gasteiger partial charge >= 0.3 is 23.9 Å². The van der Waals surface area contributed by atoms with Crippen molar-refractivity contribution in [3.8, 4) is 0 Å². The maximum absolute atomic E-state index is 11.5. The molecule has 0 aliphatic carbocycles. The summed E-state index contributed by atoms with van der Waals surface area (Å²) in [6.07, 6.45) is -5.99. The lowest BCUT2D eigenvalue weighted by Crippen LogP contribution is -2.62. The van der Waals surface area contributed by atoms with Crippen LogP contribution in [0.3, 0.4) is 0 Å². The lowest BCUT2D eigenvalue weighted by Gasteiger charge is -2.44. The van der Waals surface area contributed by atoms with Gasteiger partial charge in [-0.25, -0.2) is 0 Å². The maximum Gasteiger partial charge on any atom is 0.305 e. The molecular weight excluding hydrogens is 336 g/mol. The van der Waals surface area contributed by atoms with Gasteiger partial charge in [-0.05, 0) is 12.5 Å². The van der Waals surface area contributed by atoms with E-state index in [1.165, 1.54) is 6.92 Å². The first kappa shape index (κ1) is 20.6. The molecule has 0 N–H and O–H groups in total. The monoisotopic (exact) mass is 358 g/mol. The molecule has 0 bridgehead atoms. The van der Waals surface area contributed by atoms with E-state index in [4.69, 9.17) is 23.7 Å². The lowest BCUT2D eigenvalue weighted by atomic mass is 9.94. The zero-order valence-electron chi connectivity index (χ0n) is 14.8. The van der Waals surface area contributed by atoms with Gasteiger partial charge in [0.05, 0.1) is 0 Å². The first-order valence-electron chi connectivity index (χ1n) is 7.52. The molecule has 1 aliphatic heterocycles. The second-order valence-corrected chi connectivity index (χ2v) is 5.60. The first-order valence-corrected chi connectivity index (χ1v) is 7.52. The molecular formula is C16H22O9. The summed E-state index contributed by atoms with van der Waals surface area (Å²) in [5.74, 6) is -2.79. The number of hydrogen-bond donors (Lipinski definition) is 0. The van der Waals surface area contributed by atoms with Crippen LogP contribution in [0.1, 0.15) is 34.6 Å². The normalized spacial score (nSPS) is 28.4. The molecule has 1 rings (SSSR count). The van der Waals surface area contributed by atoms with Crippen molar-refractivity contribution in [3.05, 3.63) is 12.2 Å². The highest BCUT2D eigenvalue weighted by Crippen LogP contribution is 2.32. The summed E-state index contributed by atoms with van der Waals surface area (Å²) < 4.78 is 26.2. The van der Waals surface area contributed by atoms with Crippen LogP contribution in [0.4, 0.5) is 0 Å². The molecule has 0 aromatic heterocycles. The Balaban J connectivity index is 3.33. The molecule has 0 spiro atoms. The van der Waals surface area contributed by atoms with E-state index in [1.807, 2.05) is 0 Å². The predicted octanol–water partition coefficient (Wildman–Crippen LogP) is 0.646. The van der Waals surface area contributed by atoms with Crippen molar-refractivity contribution in [3.63, 3.8) is 0 Å². The van der Waals surface area contributed by atoms with Crippen LogP contribution < -0.4 is 0 Å². The third-order valence-corrected chi connectivity index (χ3v) is 3.17. The standard InChI is InChI=1S/C16H22O9/c1-7(2)12-13(21-8(3)17)14(22-9(4)18)15(23-10(5)19)16(25-12)24-11(6)20/h12-16H,1H2,2-6H3/t12-,13+,14+,15-,16?/m0/s1. The number of carbonyl (C=O) groups is 4. The van der Waals surface area contributed by atoms with Crippen molar-refractivity contribution in [2.75, 3.05) is 0 Å². The van der Waals surface area contributed by atoms with E-state index < -0.39 is 54.6 Å². The average Bonchev–Trinajstić information content (AvgIpc) is 2.42. The van der Waals surface area contributed by atoms with Gasteiger partial charge in [0.15, 0.2) is 12.2 Å². The highest BCUT2D eigenvalue weighted by atomic mass is 16.7. The van der Waals surface area contributed by atoms with Crippen LogP contribution >= 0.6 is 0 Å². The second kappa shape index (κ2) is 8.61. The van der Waals surface area contributed by atoms with Gasteiger partial charge in [-0.2, -0.15) is 0 Å². The highest BCUT2D eigenvalue weighted by molar-refractivity contribution is 5.69. The largest absolute Gasteiger partial charge is 0.455 e. The van der Waals surface area contributed by atoms with E-state index in [2.05, 4.69) is 6.58 Å². The van der Waals surface area contributed by atoms with E-state index in [9.17, 15) is 19.2 Å². The van der Waals surface area contributed by atoms with Crippen LogP contribution in [0.5, 0.6) is 0 Å². The molecule has 9 heteroatoms. The molecule has 0 saturated carbocycles. The lowest BCUT2D eigenvalue weighted by molar-refractivity contribution is -0.289. The zero-order valence-corrected chi connectivity index (χ0v) is 14.8. The van der Waals surface area contributed by atoms with Crippen LogP contribution in [-0.2, 0) is 42.9 Å². The molecule has 9 nitrogen and oxygen atoms in total. The summed E-state index contributed by atoms with van der Waals surface area (Å²) in [5.41, 5.74) is 0.432. The van der Waals surface area contributed by atoms with Crippen molar-refractivity contribution >= 4 is 23.9 Å². The third kappa shape index (κ3) is 5.86. The predicted molar refractivity (Wildman–Crippen MR) is 81.9 cm³/mol. The highest BCUT2D eigenvalue weighted by Gasteiger charge is 2.53. The van der Waals surface area contributed by atoms with Crippen LogP contribution in [0.15, 0.2) is 12.2 Å². The molecule has 1 fully saturated rings. The van der Waals surface area contributed by atoms with Crippen molar-refractivity contribution in [2.45, 2.75) is 65.3 Å². The summed E-state index contributed by atoms with van der Waals surface area (Å²) >= 11 is 0. The minimum absolute atomic E-state index is 0.432. The number of rotatable bonds is 5. The second-order valence-electron chi connectivity index (χ2n) is 5.60. The Morgan fingerprint density at radius 2 is 1.08 bits per heavy atom. The van der Waals surface area contributed by atoms with Gasteiger partial charge < -0.3 is 23.7 Å². The van der Waals surface area contributed by atoms with Crippen molar-refractivity contribution in [1.82, 2.24) is 0 Å². The van der Waals surface area contributed by atoms with E-state index in [0.29, 0.717) is 5.57 Å². The quantitative estimate of drug-likeness (QED) is 0.397. The van der Waals surface area contributed by atoms with Crippen LogP contribution in [-0.4, -0.2) is 54.6 Å². The van der Waals surface area contributed by atoms with Gasteiger partial charge in [-0.1, -0.05) is 6.58 Å². The topological polar surface area (TPSA) is 114 Å². The Kier molecular flexibility index (Phi) is 7.10. The Bertz CT molecular complexity index is 568. The van der Waals surface area contributed by atoms with Gasteiger partial charge in [-0.15, -0.1) is 0 Å². The fourth-order valence-electron chi connectivity index (χ4n) is 2.43. The first-order chi connectivity index (χ1) is 11.5. The van der Waals surface area contributed by atoms with Gasteiger partial charge in [0.2, 0.25) is 12.4 Å². The summed E-state index contributed by atoms with van der Waals surface area (Å²) in [5, 5.41) is 0. The average molecular weight is 358 g/mol. The molecule has 25 heavy (non-hydrogen) atoms. The van der Waals surface area contributed by atoms with Gasteiger partial charge in [0, 0.05) is 27.7 Å². The summed E-state index contributed by atoms with van der Waals surface area (Å²) in [7, 11) is 0. The summed E-state index contributed by atoms with van der Waals surface area (Å²) in [6.45, 7) is 9.92. The van der Waals surface area contributed by atoms with E-state index >= 15 is 0 Å². The molecule has 0 aromatic rings. The Morgan fingerprint density at radius 3 is 1.48 bits per heavy atom. The number of esters is 4. The smallest absolute Gasteiger partial charge is 0.305 e. The van der Waals surface area contributed by atoms with E-state index in [-0.39, 0.29) is 0 Å². The minimum Gasteiger partial charge on any atom is -0.455 e. The number of hydrogen-bond acceptors (Lipinski definition) is 9. The maximum atomic E-state index is 11.5. The SMILES string of the molecule is C=C(C)[C@@H]1OC(OC(C)=O)[C@@H](OC(C)=O)[C@H](OC(C)=O)[C@@H]1OC(C)=O. The van der Waals surface area contributed by atoms with Crippen molar-refractivity contribution in [1.29, 1.82) is 0 Å². The van der Waals surface area contributed by atoms with Crippen molar-refractivity contribution in [2.24, 2.45) is 0 Å². The Morgan fingerprint density at radius 1 is 0.680 bits per heavy atom. The van der Waals surface area contributed by atoms with Gasteiger partial charge in [0.25, 0.3) is 0 Å². The molecule has 1 aliphatic rings. The molecule has 0 amide bonds. The molecule has 1 saturated heterocycles. The zero-order chi connectivity index (χ0) is 19.3. The Hall–Kier alpha value is -2.42.